The average molecular weight is 225 g/mol. The third kappa shape index (κ3) is 2.59. The Morgan fingerprint density at radius 3 is 2.75 bits per heavy atom. The molecule has 1 unspecified atom stereocenters. The molecule has 1 aliphatic heterocycles. The van der Waals surface area contributed by atoms with Crippen LogP contribution < -0.4 is 5.32 Å². The van der Waals surface area contributed by atoms with E-state index in [1.165, 1.54) is 12.8 Å². The van der Waals surface area contributed by atoms with Crippen LogP contribution in [0.4, 0.5) is 8.78 Å². The first-order valence-corrected chi connectivity index (χ1v) is 5.84. The van der Waals surface area contributed by atoms with Gasteiger partial charge in [0.25, 0.3) is 0 Å². The van der Waals surface area contributed by atoms with Gasteiger partial charge in [0.05, 0.1) is 0 Å². The highest BCUT2D eigenvalue weighted by Gasteiger charge is 2.16. The van der Waals surface area contributed by atoms with Crippen molar-refractivity contribution in [3.05, 3.63) is 34.9 Å². The average Bonchev–Trinajstić information content (AvgIpc) is 2.27. The molecule has 0 radical (unpaired) electrons. The summed E-state index contributed by atoms with van der Waals surface area (Å²) in [5, 5.41) is 3.37. The predicted octanol–water partition coefficient (Wildman–Crippen LogP) is 2.96. The van der Waals surface area contributed by atoms with Crippen LogP contribution in [0.1, 0.15) is 30.4 Å². The number of piperidine rings is 1. The lowest BCUT2D eigenvalue weighted by Gasteiger charge is -2.23. The summed E-state index contributed by atoms with van der Waals surface area (Å²) in [5.74, 6) is -0.881. The van der Waals surface area contributed by atoms with Gasteiger partial charge in [-0.05, 0) is 43.9 Å². The normalized spacial score (nSPS) is 21.1. The molecule has 1 aromatic carbocycles. The molecule has 1 aromatic rings. The van der Waals surface area contributed by atoms with Crippen molar-refractivity contribution in [2.75, 3.05) is 6.54 Å². The van der Waals surface area contributed by atoms with E-state index in [1.807, 2.05) is 0 Å². The Kier molecular flexibility index (Phi) is 3.54. The van der Waals surface area contributed by atoms with Gasteiger partial charge in [0.2, 0.25) is 0 Å². The minimum atomic E-state index is -0.460. The Morgan fingerprint density at radius 2 is 2.06 bits per heavy atom. The SMILES string of the molecule is Cc1cc(CC2CCCCN2)c(F)cc1F. The number of nitrogens with one attached hydrogen (secondary N) is 1. The minimum Gasteiger partial charge on any atom is -0.314 e. The molecule has 0 amide bonds. The molecular formula is C13H17F2N. The lowest BCUT2D eigenvalue weighted by atomic mass is 9.96. The standard InChI is InChI=1S/C13H17F2N/c1-9-6-10(13(15)8-12(9)14)7-11-4-2-3-5-16-11/h6,8,11,16H,2-5,7H2,1H3. The summed E-state index contributed by atoms with van der Waals surface area (Å²) < 4.78 is 26.6. The highest BCUT2D eigenvalue weighted by Crippen LogP contribution is 2.18. The maximum Gasteiger partial charge on any atom is 0.129 e. The molecule has 1 saturated heterocycles. The number of halogens is 2. The van der Waals surface area contributed by atoms with Crippen LogP contribution in [0.2, 0.25) is 0 Å². The zero-order valence-corrected chi connectivity index (χ0v) is 9.52. The van der Waals surface area contributed by atoms with Gasteiger partial charge in [0.15, 0.2) is 0 Å². The highest BCUT2D eigenvalue weighted by molar-refractivity contribution is 5.26. The molecule has 1 N–H and O–H groups in total. The Morgan fingerprint density at radius 1 is 1.25 bits per heavy atom. The maximum atomic E-state index is 13.5. The molecule has 0 saturated carbocycles. The maximum absolute atomic E-state index is 13.5. The first kappa shape index (κ1) is 11.5. The lowest BCUT2D eigenvalue weighted by molar-refractivity contribution is 0.394. The molecule has 3 heteroatoms. The van der Waals surface area contributed by atoms with E-state index < -0.39 is 11.6 Å². The van der Waals surface area contributed by atoms with Crippen molar-refractivity contribution in [1.82, 2.24) is 5.32 Å². The van der Waals surface area contributed by atoms with Crippen molar-refractivity contribution in [2.45, 2.75) is 38.6 Å². The molecule has 88 valence electrons. The van der Waals surface area contributed by atoms with E-state index in [9.17, 15) is 8.78 Å². The molecule has 1 fully saturated rings. The van der Waals surface area contributed by atoms with Crippen molar-refractivity contribution < 1.29 is 8.78 Å². The Bertz CT molecular complexity index is 370. The van der Waals surface area contributed by atoms with Crippen molar-refractivity contribution in [3.63, 3.8) is 0 Å². The van der Waals surface area contributed by atoms with Gasteiger partial charge in [-0.15, -0.1) is 0 Å². The van der Waals surface area contributed by atoms with Crippen LogP contribution in [0.3, 0.4) is 0 Å². The molecule has 16 heavy (non-hydrogen) atoms. The molecule has 0 spiro atoms. The minimum absolute atomic E-state index is 0.341. The van der Waals surface area contributed by atoms with Gasteiger partial charge in [-0.25, -0.2) is 8.78 Å². The van der Waals surface area contributed by atoms with Crippen LogP contribution in [0.15, 0.2) is 12.1 Å². The van der Waals surface area contributed by atoms with E-state index in [1.54, 1.807) is 13.0 Å². The number of aryl methyl sites for hydroxylation is 1. The first-order chi connectivity index (χ1) is 7.66. The third-order valence-corrected chi connectivity index (χ3v) is 3.21. The van der Waals surface area contributed by atoms with Crippen LogP contribution in [-0.2, 0) is 6.42 Å². The Labute approximate surface area is 94.9 Å². The molecule has 0 aromatic heterocycles. The van der Waals surface area contributed by atoms with Crippen molar-refractivity contribution >= 4 is 0 Å². The fourth-order valence-corrected chi connectivity index (χ4v) is 2.24. The highest BCUT2D eigenvalue weighted by atomic mass is 19.1. The second-order valence-corrected chi connectivity index (χ2v) is 4.54. The summed E-state index contributed by atoms with van der Waals surface area (Å²) in [7, 11) is 0. The van der Waals surface area contributed by atoms with E-state index in [2.05, 4.69) is 5.32 Å². The number of hydrogen-bond donors (Lipinski definition) is 1. The van der Waals surface area contributed by atoms with Crippen molar-refractivity contribution in [1.29, 1.82) is 0 Å². The molecule has 2 rings (SSSR count). The van der Waals surface area contributed by atoms with Gasteiger partial charge in [-0.2, -0.15) is 0 Å². The van der Waals surface area contributed by atoms with E-state index in [0.29, 0.717) is 23.6 Å². The smallest absolute Gasteiger partial charge is 0.129 e. The summed E-state index contributed by atoms with van der Waals surface area (Å²) in [6.45, 7) is 2.68. The molecule has 1 aliphatic rings. The summed E-state index contributed by atoms with van der Waals surface area (Å²) in [6, 6.07) is 2.96. The zero-order valence-electron chi connectivity index (χ0n) is 9.52. The van der Waals surface area contributed by atoms with Crippen molar-refractivity contribution in [3.8, 4) is 0 Å². The quantitative estimate of drug-likeness (QED) is 0.816. The van der Waals surface area contributed by atoms with Crippen LogP contribution in [0.25, 0.3) is 0 Å². The first-order valence-electron chi connectivity index (χ1n) is 5.84. The molecule has 1 atom stereocenters. The molecule has 1 nitrogen and oxygen atoms in total. The van der Waals surface area contributed by atoms with Gasteiger partial charge in [-0.1, -0.05) is 12.5 Å². The van der Waals surface area contributed by atoms with E-state index in [4.69, 9.17) is 0 Å². The zero-order chi connectivity index (χ0) is 11.5. The van der Waals surface area contributed by atoms with E-state index >= 15 is 0 Å². The van der Waals surface area contributed by atoms with Crippen LogP contribution >= 0.6 is 0 Å². The largest absolute Gasteiger partial charge is 0.314 e. The molecule has 0 bridgehead atoms. The van der Waals surface area contributed by atoms with Crippen LogP contribution in [-0.4, -0.2) is 12.6 Å². The number of rotatable bonds is 2. The fraction of sp³-hybridized carbons (Fsp3) is 0.538. The Hall–Kier alpha value is -0.960. The van der Waals surface area contributed by atoms with E-state index in [-0.39, 0.29) is 0 Å². The predicted molar refractivity (Wildman–Crippen MR) is 60.4 cm³/mol. The summed E-state index contributed by atoms with van der Waals surface area (Å²) in [5.41, 5.74) is 1.14. The molecular weight excluding hydrogens is 208 g/mol. The third-order valence-electron chi connectivity index (χ3n) is 3.21. The molecule has 0 aliphatic carbocycles. The van der Waals surface area contributed by atoms with Crippen LogP contribution in [0, 0.1) is 18.6 Å². The van der Waals surface area contributed by atoms with Gasteiger partial charge >= 0.3 is 0 Å². The van der Waals surface area contributed by atoms with Gasteiger partial charge in [0, 0.05) is 12.1 Å². The van der Waals surface area contributed by atoms with Crippen LogP contribution in [0.5, 0.6) is 0 Å². The second kappa shape index (κ2) is 4.91. The van der Waals surface area contributed by atoms with Gasteiger partial charge < -0.3 is 5.32 Å². The fourth-order valence-electron chi connectivity index (χ4n) is 2.24. The van der Waals surface area contributed by atoms with E-state index in [0.717, 1.165) is 19.0 Å². The van der Waals surface area contributed by atoms with Gasteiger partial charge in [-0.3, -0.25) is 0 Å². The van der Waals surface area contributed by atoms with Crippen molar-refractivity contribution in [2.24, 2.45) is 0 Å². The summed E-state index contributed by atoms with van der Waals surface area (Å²) >= 11 is 0. The Balaban J connectivity index is 2.11. The lowest BCUT2D eigenvalue weighted by Crippen LogP contribution is -2.35. The summed E-state index contributed by atoms with van der Waals surface area (Å²) in [6.07, 6.45) is 4.13. The summed E-state index contributed by atoms with van der Waals surface area (Å²) in [4.78, 5) is 0. The van der Waals surface area contributed by atoms with Gasteiger partial charge in [0.1, 0.15) is 11.6 Å². The number of hydrogen-bond acceptors (Lipinski definition) is 1. The topological polar surface area (TPSA) is 12.0 Å². The monoisotopic (exact) mass is 225 g/mol. The molecule has 1 heterocycles. The second-order valence-electron chi connectivity index (χ2n) is 4.54. The number of benzene rings is 1.